The van der Waals surface area contributed by atoms with Gasteiger partial charge < -0.3 is 9.84 Å². The molecule has 0 amide bonds. The molecule has 0 aliphatic rings. The van der Waals surface area contributed by atoms with Crippen molar-refractivity contribution in [3.8, 4) is 0 Å². The third-order valence-electron chi connectivity index (χ3n) is 3.66. The van der Waals surface area contributed by atoms with E-state index in [9.17, 15) is 9.59 Å². The van der Waals surface area contributed by atoms with Crippen LogP contribution in [0.3, 0.4) is 0 Å². The molecular weight excluding hydrogens is 280 g/mol. The van der Waals surface area contributed by atoms with Gasteiger partial charge in [0.2, 0.25) is 0 Å². The number of unbranched alkanes of at least 4 members (excludes halogenated alkanes) is 5. The Morgan fingerprint density at radius 3 is 2.27 bits per heavy atom. The zero-order chi connectivity index (χ0) is 16.8. The Balaban J connectivity index is 4.70. The molecule has 0 aliphatic heterocycles. The minimum Gasteiger partial charge on any atom is -0.481 e. The number of carbonyl (C=O) groups is 2. The number of esters is 1. The molecule has 2 atom stereocenters. The molecule has 4 heteroatoms. The second-order valence-corrected chi connectivity index (χ2v) is 5.83. The summed E-state index contributed by atoms with van der Waals surface area (Å²) >= 11 is 0. The van der Waals surface area contributed by atoms with Crippen LogP contribution in [0.1, 0.15) is 78.6 Å². The van der Waals surface area contributed by atoms with Crippen LogP contribution in [-0.4, -0.2) is 23.1 Å². The van der Waals surface area contributed by atoms with Crippen LogP contribution < -0.4 is 0 Å². The van der Waals surface area contributed by atoms with Gasteiger partial charge in [0, 0.05) is 12.8 Å². The van der Waals surface area contributed by atoms with Gasteiger partial charge in [0.25, 0.3) is 0 Å². The van der Waals surface area contributed by atoms with Crippen molar-refractivity contribution in [3.63, 3.8) is 0 Å². The van der Waals surface area contributed by atoms with Gasteiger partial charge in [-0.05, 0) is 25.7 Å². The molecule has 0 saturated heterocycles. The van der Waals surface area contributed by atoms with E-state index < -0.39 is 5.97 Å². The molecule has 0 bridgehead atoms. The van der Waals surface area contributed by atoms with E-state index >= 15 is 0 Å². The maximum absolute atomic E-state index is 11.3. The maximum atomic E-state index is 11.3. The molecule has 0 rings (SSSR count). The number of carboxylic acid groups (broad SMARTS) is 1. The van der Waals surface area contributed by atoms with Crippen molar-refractivity contribution in [2.45, 2.75) is 84.7 Å². The topological polar surface area (TPSA) is 63.6 Å². The van der Waals surface area contributed by atoms with Crippen molar-refractivity contribution in [2.24, 2.45) is 5.92 Å². The third-order valence-corrected chi connectivity index (χ3v) is 3.66. The Hall–Kier alpha value is -1.32. The Kier molecular flexibility index (Phi) is 12.5. The van der Waals surface area contributed by atoms with E-state index in [1.54, 1.807) is 0 Å². The van der Waals surface area contributed by atoms with Crippen LogP contribution in [0.2, 0.25) is 0 Å². The highest BCUT2D eigenvalue weighted by Crippen LogP contribution is 2.21. The van der Waals surface area contributed by atoms with E-state index in [-0.39, 0.29) is 24.4 Å². The molecule has 0 unspecified atom stereocenters. The van der Waals surface area contributed by atoms with Crippen LogP contribution in [0, 0.1) is 5.92 Å². The van der Waals surface area contributed by atoms with Gasteiger partial charge in [-0.3, -0.25) is 9.59 Å². The first kappa shape index (κ1) is 20.7. The number of ether oxygens (including phenoxy) is 1. The van der Waals surface area contributed by atoms with Crippen LogP contribution in [0.4, 0.5) is 0 Å². The summed E-state index contributed by atoms with van der Waals surface area (Å²) in [5.41, 5.74) is 0. The minimum atomic E-state index is -0.851. The molecule has 0 fully saturated rings. The van der Waals surface area contributed by atoms with Crippen LogP contribution >= 0.6 is 0 Å². The maximum Gasteiger partial charge on any atom is 0.304 e. The Bertz CT molecular complexity index is 336. The summed E-state index contributed by atoms with van der Waals surface area (Å²) < 4.78 is 5.38. The van der Waals surface area contributed by atoms with Gasteiger partial charge in [0.05, 0.1) is 6.42 Å². The zero-order valence-electron chi connectivity index (χ0n) is 14.3. The summed E-state index contributed by atoms with van der Waals surface area (Å²) in [6.07, 6.45) is 11.9. The monoisotopic (exact) mass is 312 g/mol. The summed E-state index contributed by atoms with van der Waals surface area (Å²) in [5, 5.41) is 9.10. The molecule has 0 spiro atoms. The fraction of sp³-hybridized carbons (Fsp3) is 0.778. The van der Waals surface area contributed by atoms with Gasteiger partial charge in [-0.25, -0.2) is 0 Å². The highest BCUT2D eigenvalue weighted by Gasteiger charge is 2.24. The summed E-state index contributed by atoms with van der Waals surface area (Å²) in [6, 6.07) is 0. The van der Waals surface area contributed by atoms with Crippen LogP contribution in [0.15, 0.2) is 12.2 Å². The fourth-order valence-corrected chi connectivity index (χ4v) is 2.48. The number of allylic oxidation sites excluding steroid dienone is 1. The van der Waals surface area contributed by atoms with Crippen LogP contribution in [0.25, 0.3) is 0 Å². The van der Waals surface area contributed by atoms with E-state index in [4.69, 9.17) is 9.84 Å². The standard InChI is InChI=1S/C18H32O4/c1-4-6-8-9-11-12-16(14-18(20)21)17(22-15(3)19)13-10-7-5-2/h11-12,16-17H,4-10,13-14H2,1-3H3,(H,20,21)/b12-11+/t16-,17-/m0/s1. The van der Waals surface area contributed by atoms with Crippen LogP contribution in [-0.2, 0) is 14.3 Å². The van der Waals surface area contributed by atoms with Gasteiger partial charge >= 0.3 is 11.9 Å². The highest BCUT2D eigenvalue weighted by molar-refractivity contribution is 5.68. The molecule has 1 N–H and O–H groups in total. The normalized spacial score (nSPS) is 14.0. The predicted octanol–water partition coefficient (Wildman–Crippen LogP) is 4.73. The molecule has 4 nitrogen and oxygen atoms in total. The zero-order valence-corrected chi connectivity index (χ0v) is 14.3. The molecule has 22 heavy (non-hydrogen) atoms. The number of carboxylic acids is 1. The number of hydrogen-bond acceptors (Lipinski definition) is 3. The Morgan fingerprint density at radius 2 is 1.73 bits per heavy atom. The Labute approximate surface area is 134 Å². The van der Waals surface area contributed by atoms with Crippen molar-refractivity contribution in [2.75, 3.05) is 0 Å². The number of rotatable bonds is 13. The fourth-order valence-electron chi connectivity index (χ4n) is 2.48. The number of carbonyl (C=O) groups excluding carboxylic acids is 1. The van der Waals surface area contributed by atoms with E-state index in [2.05, 4.69) is 13.8 Å². The smallest absolute Gasteiger partial charge is 0.304 e. The van der Waals surface area contributed by atoms with E-state index in [0.29, 0.717) is 0 Å². The van der Waals surface area contributed by atoms with Crippen molar-refractivity contribution >= 4 is 11.9 Å². The first-order valence-corrected chi connectivity index (χ1v) is 8.56. The SMILES string of the molecule is CCCCC/C=C/[C@@H](CC(=O)O)[C@H](CCCCC)OC(C)=O. The first-order valence-electron chi connectivity index (χ1n) is 8.56. The largest absolute Gasteiger partial charge is 0.481 e. The van der Waals surface area contributed by atoms with Gasteiger partial charge in [-0.2, -0.15) is 0 Å². The average molecular weight is 312 g/mol. The lowest BCUT2D eigenvalue weighted by atomic mass is 9.93. The summed E-state index contributed by atoms with van der Waals surface area (Å²) in [5.74, 6) is -1.42. The minimum absolute atomic E-state index is 0.00828. The van der Waals surface area contributed by atoms with Crippen molar-refractivity contribution in [3.05, 3.63) is 12.2 Å². The number of hydrogen-bond donors (Lipinski definition) is 1. The molecule has 0 saturated carbocycles. The molecule has 0 heterocycles. The van der Waals surface area contributed by atoms with Gasteiger partial charge in [0.15, 0.2) is 0 Å². The van der Waals surface area contributed by atoms with Gasteiger partial charge in [-0.15, -0.1) is 0 Å². The second-order valence-electron chi connectivity index (χ2n) is 5.83. The van der Waals surface area contributed by atoms with Crippen molar-refractivity contribution in [1.29, 1.82) is 0 Å². The number of aliphatic carboxylic acids is 1. The molecule has 0 aromatic rings. The molecule has 0 aromatic heterocycles. The van der Waals surface area contributed by atoms with E-state index in [0.717, 1.165) is 38.5 Å². The second kappa shape index (κ2) is 13.4. The van der Waals surface area contributed by atoms with Crippen LogP contribution in [0.5, 0.6) is 0 Å². The van der Waals surface area contributed by atoms with Crippen molar-refractivity contribution in [1.82, 2.24) is 0 Å². The van der Waals surface area contributed by atoms with Gasteiger partial charge in [-0.1, -0.05) is 51.7 Å². The summed E-state index contributed by atoms with van der Waals surface area (Å²) in [6.45, 7) is 5.65. The summed E-state index contributed by atoms with van der Waals surface area (Å²) in [4.78, 5) is 22.4. The first-order chi connectivity index (χ1) is 10.5. The molecule has 128 valence electrons. The van der Waals surface area contributed by atoms with E-state index in [1.165, 1.54) is 19.8 Å². The molecule has 0 radical (unpaired) electrons. The Morgan fingerprint density at radius 1 is 1.09 bits per heavy atom. The molecule has 0 aromatic carbocycles. The average Bonchev–Trinajstić information content (AvgIpc) is 2.44. The molecular formula is C18H32O4. The predicted molar refractivity (Wildman–Crippen MR) is 88.7 cm³/mol. The molecule has 0 aliphatic carbocycles. The van der Waals surface area contributed by atoms with E-state index in [1.807, 2.05) is 12.2 Å². The van der Waals surface area contributed by atoms with Gasteiger partial charge in [0.1, 0.15) is 6.10 Å². The van der Waals surface area contributed by atoms with Crippen molar-refractivity contribution < 1.29 is 19.4 Å². The lowest BCUT2D eigenvalue weighted by Crippen LogP contribution is -2.27. The lowest BCUT2D eigenvalue weighted by molar-refractivity contribution is -0.151. The summed E-state index contributed by atoms with van der Waals surface area (Å²) in [7, 11) is 0. The lowest BCUT2D eigenvalue weighted by Gasteiger charge is -2.23. The highest BCUT2D eigenvalue weighted by atomic mass is 16.5. The quantitative estimate of drug-likeness (QED) is 0.303. The third kappa shape index (κ3) is 11.4.